The van der Waals surface area contributed by atoms with E-state index in [0.29, 0.717) is 13.0 Å². The molecular formula is C20H34NaO6S. The van der Waals surface area contributed by atoms with Crippen LogP contribution in [0.2, 0.25) is 0 Å². The second-order valence-electron chi connectivity index (χ2n) is 6.66. The van der Waals surface area contributed by atoms with E-state index in [1.807, 2.05) is 30.3 Å². The van der Waals surface area contributed by atoms with Gasteiger partial charge in [-0.05, 0) is 32.4 Å². The van der Waals surface area contributed by atoms with Crippen molar-refractivity contribution in [3.05, 3.63) is 30.3 Å². The smallest absolute Gasteiger partial charge is 0.293 e. The number of hydrogen-bond donors (Lipinski definition) is 0. The van der Waals surface area contributed by atoms with E-state index in [-0.39, 0.29) is 41.9 Å². The molecule has 0 aliphatic heterocycles. The van der Waals surface area contributed by atoms with E-state index in [1.54, 1.807) is 6.92 Å². The molecule has 6 nitrogen and oxygen atoms in total. The predicted octanol–water partition coefficient (Wildman–Crippen LogP) is 4.47. The normalized spacial score (nSPS) is 13.5. The summed E-state index contributed by atoms with van der Waals surface area (Å²) < 4.78 is 39.2. The van der Waals surface area contributed by atoms with Crippen molar-refractivity contribution in [2.75, 3.05) is 19.0 Å². The van der Waals surface area contributed by atoms with E-state index in [1.165, 1.54) is 26.2 Å². The zero-order valence-corrected chi connectivity index (χ0v) is 20.6. The summed E-state index contributed by atoms with van der Waals surface area (Å²) in [6, 6.07) is 9.43. The SMILES string of the molecule is CCCCCCCCC(C)(OCCOc1ccccc1)OOS(=O)(=O)CC.[Na]. The minimum absolute atomic E-state index is 0. The molecule has 1 atom stereocenters. The Morgan fingerprint density at radius 2 is 1.57 bits per heavy atom. The topological polar surface area (TPSA) is 71.1 Å². The van der Waals surface area contributed by atoms with E-state index in [4.69, 9.17) is 14.4 Å². The van der Waals surface area contributed by atoms with Gasteiger partial charge >= 0.3 is 0 Å². The molecule has 0 aromatic heterocycles. The summed E-state index contributed by atoms with van der Waals surface area (Å²) in [6.45, 7) is 5.98. The van der Waals surface area contributed by atoms with Crippen LogP contribution in [0.3, 0.4) is 0 Å². The van der Waals surface area contributed by atoms with Crippen molar-refractivity contribution in [1.82, 2.24) is 0 Å². The fraction of sp³-hybridized carbons (Fsp3) is 0.700. The van der Waals surface area contributed by atoms with Crippen LogP contribution in [-0.4, -0.2) is 62.7 Å². The van der Waals surface area contributed by atoms with Gasteiger partial charge in [-0.2, -0.15) is 13.3 Å². The Hall–Kier alpha value is -0.150. The number of rotatable bonds is 16. The van der Waals surface area contributed by atoms with Gasteiger partial charge in [0.15, 0.2) is 5.79 Å². The van der Waals surface area contributed by atoms with Crippen molar-refractivity contribution in [3.8, 4) is 5.75 Å². The van der Waals surface area contributed by atoms with Crippen molar-refractivity contribution >= 4 is 39.7 Å². The molecule has 0 heterocycles. The third kappa shape index (κ3) is 13.1. The van der Waals surface area contributed by atoms with E-state index in [9.17, 15) is 8.42 Å². The minimum atomic E-state index is -3.70. The van der Waals surface area contributed by atoms with Crippen molar-refractivity contribution in [1.29, 1.82) is 0 Å². The Morgan fingerprint density at radius 3 is 2.21 bits per heavy atom. The number of hydrogen-bond acceptors (Lipinski definition) is 6. The third-order valence-electron chi connectivity index (χ3n) is 4.15. The Labute approximate surface area is 192 Å². The van der Waals surface area contributed by atoms with Gasteiger partial charge in [-0.3, -0.25) is 0 Å². The van der Waals surface area contributed by atoms with E-state index >= 15 is 0 Å². The molecule has 8 heteroatoms. The molecule has 0 amide bonds. The number of benzene rings is 1. The Kier molecular flexibility index (Phi) is 15.6. The molecule has 0 spiro atoms. The van der Waals surface area contributed by atoms with E-state index in [0.717, 1.165) is 25.0 Å². The van der Waals surface area contributed by atoms with Crippen LogP contribution in [0.1, 0.15) is 65.7 Å². The largest absolute Gasteiger partial charge is 0.491 e. The molecule has 0 bridgehead atoms. The maximum atomic E-state index is 11.6. The fourth-order valence-electron chi connectivity index (χ4n) is 2.47. The number of para-hydroxylation sites is 1. The van der Waals surface area contributed by atoms with Crippen molar-refractivity contribution in [3.63, 3.8) is 0 Å². The first-order valence-electron chi connectivity index (χ1n) is 9.82. The van der Waals surface area contributed by atoms with Gasteiger partial charge in [0, 0.05) is 36.0 Å². The molecule has 28 heavy (non-hydrogen) atoms. The zero-order valence-electron chi connectivity index (χ0n) is 17.8. The molecule has 0 aliphatic carbocycles. The van der Waals surface area contributed by atoms with Crippen LogP contribution in [0.4, 0.5) is 0 Å². The zero-order chi connectivity index (χ0) is 20.0. The average molecular weight is 426 g/mol. The van der Waals surface area contributed by atoms with Gasteiger partial charge < -0.3 is 9.47 Å². The summed E-state index contributed by atoms with van der Waals surface area (Å²) >= 11 is 0. The van der Waals surface area contributed by atoms with Crippen LogP contribution in [0.15, 0.2) is 30.3 Å². The summed E-state index contributed by atoms with van der Waals surface area (Å²) in [5.74, 6) is -0.533. The minimum Gasteiger partial charge on any atom is -0.491 e. The van der Waals surface area contributed by atoms with Crippen LogP contribution in [0.25, 0.3) is 0 Å². The van der Waals surface area contributed by atoms with Gasteiger partial charge in [-0.1, -0.05) is 57.2 Å². The summed E-state index contributed by atoms with van der Waals surface area (Å²) in [7, 11) is -3.70. The molecule has 0 aliphatic rings. The van der Waals surface area contributed by atoms with Crippen molar-refractivity contribution < 1.29 is 27.1 Å². The standard InChI is InChI=1S/C20H34O6S.Na/c1-4-6-7-8-9-13-16-20(3,25-26-27(21,22)5-2)24-18-17-23-19-14-11-10-12-15-19;/h10-12,14-15H,4-9,13,16-18H2,1-3H3;. The first-order chi connectivity index (χ1) is 12.9. The molecule has 1 aromatic carbocycles. The molecule has 1 aromatic rings. The molecular weight excluding hydrogens is 391 g/mol. The average Bonchev–Trinajstić information content (AvgIpc) is 2.68. The van der Waals surface area contributed by atoms with E-state index in [2.05, 4.69) is 11.3 Å². The molecule has 0 fully saturated rings. The fourth-order valence-corrected chi connectivity index (χ4v) is 2.81. The third-order valence-corrected chi connectivity index (χ3v) is 5.14. The maximum absolute atomic E-state index is 11.6. The van der Waals surface area contributed by atoms with Crippen LogP contribution < -0.4 is 4.74 Å². The monoisotopic (exact) mass is 425 g/mol. The van der Waals surface area contributed by atoms with Crippen molar-refractivity contribution in [2.24, 2.45) is 0 Å². The van der Waals surface area contributed by atoms with Gasteiger partial charge in [0.05, 0.1) is 12.4 Å². The predicted molar refractivity (Wildman–Crippen MR) is 112 cm³/mol. The van der Waals surface area contributed by atoms with Gasteiger partial charge in [0.2, 0.25) is 0 Å². The van der Waals surface area contributed by atoms with E-state index < -0.39 is 15.9 Å². The second-order valence-corrected chi connectivity index (χ2v) is 8.49. The second kappa shape index (κ2) is 15.7. The summed E-state index contributed by atoms with van der Waals surface area (Å²) in [6.07, 6.45) is 7.26. The molecule has 0 N–H and O–H groups in total. The first-order valence-corrected chi connectivity index (χ1v) is 11.4. The summed E-state index contributed by atoms with van der Waals surface area (Å²) in [5.41, 5.74) is 0. The van der Waals surface area contributed by atoms with Crippen LogP contribution in [-0.2, 0) is 24.1 Å². The molecule has 0 saturated heterocycles. The van der Waals surface area contributed by atoms with Gasteiger partial charge in [-0.25, -0.2) is 0 Å². The molecule has 0 saturated carbocycles. The summed E-state index contributed by atoms with van der Waals surface area (Å²) in [5, 5.41) is 0. The molecule has 1 rings (SSSR count). The van der Waals surface area contributed by atoms with Crippen LogP contribution in [0, 0.1) is 0 Å². The van der Waals surface area contributed by atoms with Crippen LogP contribution in [0.5, 0.6) is 5.75 Å². The number of ether oxygens (including phenoxy) is 2. The summed E-state index contributed by atoms with van der Waals surface area (Å²) in [4.78, 5) is 5.20. The first kappa shape index (κ1) is 27.8. The van der Waals surface area contributed by atoms with Crippen molar-refractivity contribution in [2.45, 2.75) is 71.5 Å². The number of unbranched alkanes of at least 4 members (excludes halogenated alkanes) is 5. The molecule has 1 unspecified atom stereocenters. The van der Waals surface area contributed by atoms with Gasteiger partial charge in [0.25, 0.3) is 10.1 Å². The van der Waals surface area contributed by atoms with Crippen LogP contribution >= 0.6 is 0 Å². The Morgan fingerprint density at radius 1 is 0.929 bits per heavy atom. The Balaban J connectivity index is 0.00000729. The molecule has 157 valence electrons. The van der Waals surface area contributed by atoms with Gasteiger partial charge in [-0.15, -0.1) is 4.33 Å². The molecule has 1 radical (unpaired) electrons. The van der Waals surface area contributed by atoms with Gasteiger partial charge in [0.1, 0.15) is 12.4 Å². The maximum Gasteiger partial charge on any atom is 0.293 e. The quantitative estimate of drug-likeness (QED) is 0.128. The Bertz CT molecular complexity index is 596.